The van der Waals surface area contributed by atoms with Crippen molar-refractivity contribution in [3.05, 3.63) is 12.5 Å². The van der Waals surface area contributed by atoms with Crippen molar-refractivity contribution in [2.24, 2.45) is 12.8 Å². The van der Waals surface area contributed by atoms with Crippen molar-refractivity contribution in [2.75, 3.05) is 6.54 Å². The maximum Gasteiger partial charge on any atom is 0.259 e. The summed E-state index contributed by atoms with van der Waals surface area (Å²) >= 11 is 0. The molecule has 7 heteroatoms. The molecule has 0 atom stereocenters. The van der Waals surface area contributed by atoms with Crippen molar-refractivity contribution in [2.45, 2.75) is 24.4 Å². The number of sulfonamides is 1. The largest absolute Gasteiger partial charge is 0.339 e. The Hall–Kier alpha value is -0.920. The number of nitrogens with one attached hydrogen (secondary N) is 1. The summed E-state index contributed by atoms with van der Waals surface area (Å²) in [6.07, 6.45) is 2.87. The van der Waals surface area contributed by atoms with E-state index in [0.717, 1.165) is 0 Å². The molecule has 0 aliphatic heterocycles. The lowest BCUT2D eigenvalue weighted by molar-refractivity contribution is 0.497. The highest BCUT2D eigenvalue weighted by Gasteiger charge is 2.20. The molecule has 0 saturated heterocycles. The maximum absolute atomic E-state index is 11.6. The molecule has 0 amide bonds. The fourth-order valence-corrected chi connectivity index (χ4v) is 2.08. The Balaban J connectivity index is 2.77. The molecule has 1 heterocycles. The molecule has 1 rings (SSSR count). The first kappa shape index (κ1) is 12.2. The average Bonchev–Trinajstić information content (AvgIpc) is 2.48. The Morgan fingerprint density at radius 3 is 2.60 bits per heavy atom. The van der Waals surface area contributed by atoms with Crippen LogP contribution in [0.25, 0.3) is 0 Å². The zero-order valence-electron chi connectivity index (χ0n) is 9.06. The zero-order chi connectivity index (χ0) is 11.7. The zero-order valence-corrected chi connectivity index (χ0v) is 9.87. The van der Waals surface area contributed by atoms with E-state index in [9.17, 15) is 8.42 Å². The van der Waals surface area contributed by atoms with Gasteiger partial charge in [-0.25, -0.2) is 18.1 Å². The summed E-state index contributed by atoms with van der Waals surface area (Å²) in [5.41, 5.74) is 5.09. The van der Waals surface area contributed by atoms with Gasteiger partial charge in [0, 0.05) is 25.3 Å². The van der Waals surface area contributed by atoms with Crippen molar-refractivity contribution in [1.29, 1.82) is 0 Å². The van der Waals surface area contributed by atoms with Crippen LogP contribution >= 0.6 is 0 Å². The highest BCUT2D eigenvalue weighted by molar-refractivity contribution is 7.89. The molecule has 0 spiro atoms. The van der Waals surface area contributed by atoms with Crippen LogP contribution in [0.15, 0.2) is 17.6 Å². The molecule has 15 heavy (non-hydrogen) atoms. The van der Waals surface area contributed by atoms with Gasteiger partial charge in [-0.15, -0.1) is 0 Å². The van der Waals surface area contributed by atoms with Crippen molar-refractivity contribution >= 4 is 10.0 Å². The Kier molecular flexibility index (Phi) is 3.17. The summed E-state index contributed by atoms with van der Waals surface area (Å²) in [7, 11) is -1.83. The highest BCUT2D eigenvalue weighted by Crippen LogP contribution is 2.04. The van der Waals surface area contributed by atoms with Gasteiger partial charge in [0.2, 0.25) is 0 Å². The quantitative estimate of drug-likeness (QED) is 0.728. The van der Waals surface area contributed by atoms with Crippen LogP contribution in [-0.4, -0.2) is 30.1 Å². The third-order valence-corrected chi connectivity index (χ3v) is 2.96. The summed E-state index contributed by atoms with van der Waals surface area (Å²) < 4.78 is 27.3. The number of nitrogens with zero attached hydrogens (tertiary/aromatic N) is 2. The summed E-state index contributed by atoms with van der Waals surface area (Å²) in [5.74, 6) is 0. The standard InChI is InChI=1S/C8H16N4O2S/c1-8(2,9)5-11-15(13,14)7-4-12(3)6-10-7/h4,6,11H,5,9H2,1-3H3. The minimum atomic E-state index is -3.53. The van der Waals surface area contributed by atoms with Crippen LogP contribution < -0.4 is 10.5 Å². The van der Waals surface area contributed by atoms with Crippen molar-refractivity contribution in [3.63, 3.8) is 0 Å². The molecule has 0 aliphatic carbocycles. The second-order valence-electron chi connectivity index (χ2n) is 4.19. The van der Waals surface area contributed by atoms with E-state index in [1.807, 2.05) is 0 Å². The van der Waals surface area contributed by atoms with Gasteiger partial charge in [0.25, 0.3) is 10.0 Å². The van der Waals surface area contributed by atoms with Gasteiger partial charge >= 0.3 is 0 Å². The van der Waals surface area contributed by atoms with Gasteiger partial charge in [-0.1, -0.05) is 0 Å². The fraction of sp³-hybridized carbons (Fsp3) is 0.625. The first-order valence-electron chi connectivity index (χ1n) is 4.47. The van der Waals surface area contributed by atoms with Crippen LogP contribution in [0.4, 0.5) is 0 Å². The normalized spacial score (nSPS) is 13.1. The van der Waals surface area contributed by atoms with Crippen LogP contribution in [0.2, 0.25) is 0 Å². The number of hydrogen-bond acceptors (Lipinski definition) is 4. The SMILES string of the molecule is Cn1cnc(S(=O)(=O)NCC(C)(C)N)c1. The van der Waals surface area contributed by atoms with E-state index >= 15 is 0 Å². The van der Waals surface area contributed by atoms with Crippen LogP contribution in [0.5, 0.6) is 0 Å². The van der Waals surface area contributed by atoms with E-state index < -0.39 is 15.6 Å². The van der Waals surface area contributed by atoms with Crippen molar-refractivity contribution in [1.82, 2.24) is 14.3 Å². The van der Waals surface area contributed by atoms with E-state index in [1.54, 1.807) is 25.5 Å². The molecule has 1 aromatic heterocycles. The van der Waals surface area contributed by atoms with Gasteiger partial charge in [-0.05, 0) is 13.8 Å². The monoisotopic (exact) mass is 232 g/mol. The molecule has 0 saturated carbocycles. The van der Waals surface area contributed by atoms with Crippen LogP contribution in [0.3, 0.4) is 0 Å². The van der Waals surface area contributed by atoms with Gasteiger partial charge in [0.05, 0.1) is 6.33 Å². The predicted molar refractivity (Wildman–Crippen MR) is 56.7 cm³/mol. The van der Waals surface area contributed by atoms with E-state index in [-0.39, 0.29) is 11.6 Å². The Morgan fingerprint density at radius 1 is 1.60 bits per heavy atom. The molecule has 1 aromatic rings. The fourth-order valence-electron chi connectivity index (χ4n) is 0.883. The molecule has 0 aliphatic rings. The molecule has 0 bridgehead atoms. The molecular formula is C8H16N4O2S. The molecule has 3 N–H and O–H groups in total. The number of rotatable bonds is 4. The number of hydrogen-bond donors (Lipinski definition) is 2. The van der Waals surface area contributed by atoms with Gasteiger partial charge in [0.15, 0.2) is 5.03 Å². The minimum absolute atomic E-state index is 0.00856. The van der Waals surface area contributed by atoms with Crippen LogP contribution in [0.1, 0.15) is 13.8 Å². The molecule has 6 nitrogen and oxygen atoms in total. The topological polar surface area (TPSA) is 90.0 Å². The molecule has 0 fully saturated rings. The van der Waals surface area contributed by atoms with Gasteiger partial charge in [-0.2, -0.15) is 0 Å². The Bertz CT molecular complexity index is 430. The van der Waals surface area contributed by atoms with E-state index in [0.29, 0.717) is 0 Å². The maximum atomic E-state index is 11.6. The van der Waals surface area contributed by atoms with Gasteiger partial charge in [0.1, 0.15) is 0 Å². The summed E-state index contributed by atoms with van der Waals surface area (Å²) in [5, 5.41) is 0.00856. The number of aromatic nitrogens is 2. The second-order valence-corrected chi connectivity index (χ2v) is 5.90. The highest BCUT2D eigenvalue weighted by atomic mass is 32.2. The molecule has 0 radical (unpaired) electrons. The third-order valence-electron chi connectivity index (χ3n) is 1.67. The predicted octanol–water partition coefficient (Wildman–Crippen LogP) is -0.564. The number of imidazole rings is 1. The Labute approximate surface area is 89.5 Å². The average molecular weight is 232 g/mol. The van der Waals surface area contributed by atoms with E-state index in [4.69, 9.17) is 5.73 Å². The van der Waals surface area contributed by atoms with Crippen molar-refractivity contribution in [3.8, 4) is 0 Å². The second kappa shape index (κ2) is 3.92. The van der Waals surface area contributed by atoms with Gasteiger partial charge in [-0.3, -0.25) is 0 Å². The molecule has 86 valence electrons. The summed E-state index contributed by atoms with van der Waals surface area (Å²) in [6.45, 7) is 3.66. The summed E-state index contributed by atoms with van der Waals surface area (Å²) in [6, 6.07) is 0. The molecule has 0 aromatic carbocycles. The lowest BCUT2D eigenvalue weighted by atomic mass is 10.1. The van der Waals surface area contributed by atoms with E-state index in [1.165, 1.54) is 12.5 Å². The Morgan fingerprint density at radius 2 is 2.20 bits per heavy atom. The van der Waals surface area contributed by atoms with E-state index in [2.05, 4.69) is 9.71 Å². The van der Waals surface area contributed by atoms with Gasteiger partial charge < -0.3 is 10.3 Å². The summed E-state index contributed by atoms with van der Waals surface area (Å²) in [4.78, 5) is 3.76. The minimum Gasteiger partial charge on any atom is -0.339 e. The lowest BCUT2D eigenvalue weighted by Gasteiger charge is -2.18. The first-order valence-corrected chi connectivity index (χ1v) is 5.95. The number of aryl methyl sites for hydroxylation is 1. The van der Waals surface area contributed by atoms with Crippen LogP contribution in [0, 0.1) is 0 Å². The van der Waals surface area contributed by atoms with Crippen LogP contribution in [-0.2, 0) is 17.1 Å². The lowest BCUT2D eigenvalue weighted by Crippen LogP contribution is -2.45. The smallest absolute Gasteiger partial charge is 0.259 e. The van der Waals surface area contributed by atoms with Crippen molar-refractivity contribution < 1.29 is 8.42 Å². The molecular weight excluding hydrogens is 216 g/mol. The number of nitrogens with two attached hydrogens (primary N) is 1. The molecule has 0 unspecified atom stereocenters. The third kappa shape index (κ3) is 3.61. The first-order chi connectivity index (χ1) is 6.71.